The van der Waals surface area contributed by atoms with Crippen molar-refractivity contribution in [1.29, 1.82) is 0 Å². The average molecular weight is 249 g/mol. The molecule has 0 unspecified atom stereocenters. The third-order valence-corrected chi connectivity index (χ3v) is 2.19. The van der Waals surface area contributed by atoms with Crippen LogP contribution < -0.4 is 5.43 Å². The highest BCUT2D eigenvalue weighted by atomic mass is 16.6. The normalized spacial score (nSPS) is 10.9. The number of hydrogen-bond acceptors (Lipinski definition) is 4. The van der Waals surface area contributed by atoms with Gasteiger partial charge in [-0.3, -0.25) is 14.9 Å². The van der Waals surface area contributed by atoms with E-state index in [0.29, 0.717) is 11.1 Å². The number of nitro groups is 1. The van der Waals surface area contributed by atoms with Gasteiger partial charge in [0.1, 0.15) is 0 Å². The molecule has 0 aliphatic carbocycles. The maximum absolute atomic E-state index is 11.7. The highest BCUT2D eigenvalue weighted by molar-refractivity contribution is 5.94. The Labute approximate surface area is 105 Å². The number of hydrazone groups is 1. The van der Waals surface area contributed by atoms with Gasteiger partial charge in [0.05, 0.1) is 4.92 Å². The van der Waals surface area contributed by atoms with Crippen LogP contribution in [-0.2, 0) is 0 Å². The van der Waals surface area contributed by atoms with Crippen LogP contribution in [0.2, 0.25) is 0 Å². The van der Waals surface area contributed by atoms with Gasteiger partial charge in [0.2, 0.25) is 0 Å². The lowest BCUT2D eigenvalue weighted by atomic mass is 10.1. The van der Waals surface area contributed by atoms with Crippen LogP contribution in [0.15, 0.2) is 23.3 Å². The highest BCUT2D eigenvalue weighted by Crippen LogP contribution is 2.18. The number of nitrogens with zero attached hydrogens (tertiary/aromatic N) is 2. The number of aryl methyl sites for hydroxylation is 1. The van der Waals surface area contributed by atoms with Crippen molar-refractivity contribution in [3.8, 4) is 0 Å². The maximum atomic E-state index is 11.7. The van der Waals surface area contributed by atoms with E-state index in [4.69, 9.17) is 0 Å². The van der Waals surface area contributed by atoms with E-state index in [1.54, 1.807) is 13.1 Å². The van der Waals surface area contributed by atoms with Crippen molar-refractivity contribution in [2.24, 2.45) is 11.0 Å². The first kappa shape index (κ1) is 13.8. The van der Waals surface area contributed by atoms with Crippen molar-refractivity contribution >= 4 is 17.8 Å². The molecule has 6 nitrogen and oxygen atoms in total. The fourth-order valence-corrected chi connectivity index (χ4v) is 1.31. The number of nitrogens with one attached hydrogen (secondary N) is 1. The number of hydrogen-bond donors (Lipinski definition) is 1. The number of carbonyl (C=O) groups excluding carboxylic acids is 1. The number of benzene rings is 1. The Hall–Kier alpha value is -2.24. The van der Waals surface area contributed by atoms with Gasteiger partial charge >= 0.3 is 0 Å². The van der Waals surface area contributed by atoms with Crippen molar-refractivity contribution < 1.29 is 9.72 Å². The molecule has 0 radical (unpaired) electrons. The Morgan fingerprint density at radius 3 is 2.67 bits per heavy atom. The molecule has 0 saturated carbocycles. The van der Waals surface area contributed by atoms with Crippen LogP contribution in [0.3, 0.4) is 0 Å². The number of carbonyl (C=O) groups is 1. The molecule has 1 rings (SSSR count). The molecule has 0 heterocycles. The van der Waals surface area contributed by atoms with Gasteiger partial charge in [-0.25, -0.2) is 5.43 Å². The molecule has 96 valence electrons. The molecule has 1 N–H and O–H groups in total. The zero-order valence-corrected chi connectivity index (χ0v) is 10.5. The number of amides is 1. The Kier molecular flexibility index (Phi) is 4.53. The molecule has 0 aliphatic heterocycles. The fourth-order valence-electron chi connectivity index (χ4n) is 1.31. The van der Waals surface area contributed by atoms with Crippen molar-refractivity contribution in [1.82, 2.24) is 5.43 Å². The summed E-state index contributed by atoms with van der Waals surface area (Å²) in [4.78, 5) is 21.8. The second-order valence-corrected chi connectivity index (χ2v) is 4.22. The van der Waals surface area contributed by atoms with Crippen LogP contribution >= 0.6 is 0 Å². The topological polar surface area (TPSA) is 84.6 Å². The second kappa shape index (κ2) is 5.90. The first-order valence-corrected chi connectivity index (χ1v) is 5.50. The van der Waals surface area contributed by atoms with Crippen molar-refractivity contribution in [2.45, 2.75) is 20.8 Å². The monoisotopic (exact) mass is 249 g/mol. The quantitative estimate of drug-likeness (QED) is 0.504. The summed E-state index contributed by atoms with van der Waals surface area (Å²) >= 11 is 0. The van der Waals surface area contributed by atoms with Gasteiger partial charge in [-0.2, -0.15) is 5.10 Å². The summed E-state index contributed by atoms with van der Waals surface area (Å²) in [5, 5.41) is 14.4. The molecule has 0 aliphatic rings. The summed E-state index contributed by atoms with van der Waals surface area (Å²) in [5.74, 6) is -0.145. The molecule has 18 heavy (non-hydrogen) atoms. The molecular formula is C12H15N3O3. The van der Waals surface area contributed by atoms with Crippen LogP contribution in [0, 0.1) is 23.0 Å². The largest absolute Gasteiger partial charge is 0.272 e. The van der Waals surface area contributed by atoms with Crippen LogP contribution in [0.4, 0.5) is 5.69 Å². The third kappa shape index (κ3) is 3.65. The minimum absolute atomic E-state index is 0.00256. The maximum Gasteiger partial charge on any atom is 0.272 e. The predicted molar refractivity (Wildman–Crippen MR) is 68.6 cm³/mol. The van der Waals surface area contributed by atoms with Gasteiger partial charge in [0.15, 0.2) is 0 Å². The van der Waals surface area contributed by atoms with Crippen LogP contribution in [0.1, 0.15) is 29.8 Å². The summed E-state index contributed by atoms with van der Waals surface area (Å²) in [6.07, 6.45) is 1.61. The molecule has 0 spiro atoms. The predicted octanol–water partition coefficient (Wildman–Crippen LogP) is 2.27. The first-order chi connectivity index (χ1) is 8.41. The fraction of sp³-hybridized carbons (Fsp3) is 0.333. The lowest BCUT2D eigenvalue weighted by Crippen LogP contribution is -2.18. The Morgan fingerprint density at radius 1 is 1.50 bits per heavy atom. The highest BCUT2D eigenvalue weighted by Gasteiger charge is 2.13. The van der Waals surface area contributed by atoms with E-state index in [-0.39, 0.29) is 17.5 Å². The second-order valence-electron chi connectivity index (χ2n) is 4.22. The molecule has 0 aromatic heterocycles. The summed E-state index contributed by atoms with van der Waals surface area (Å²) < 4.78 is 0. The molecule has 1 aromatic rings. The molecule has 0 atom stereocenters. The zero-order chi connectivity index (χ0) is 13.7. The summed E-state index contributed by atoms with van der Waals surface area (Å²) in [7, 11) is 0. The van der Waals surface area contributed by atoms with Gasteiger partial charge in [-0.05, 0) is 25.0 Å². The summed E-state index contributed by atoms with van der Waals surface area (Å²) in [5.41, 5.74) is 3.16. The van der Waals surface area contributed by atoms with E-state index in [9.17, 15) is 14.9 Å². The molecule has 6 heteroatoms. The first-order valence-electron chi connectivity index (χ1n) is 5.50. The van der Waals surface area contributed by atoms with E-state index in [1.165, 1.54) is 18.2 Å². The minimum Gasteiger partial charge on any atom is -0.267 e. The van der Waals surface area contributed by atoms with Gasteiger partial charge in [-0.1, -0.05) is 13.8 Å². The van der Waals surface area contributed by atoms with E-state index in [1.807, 2.05) is 13.8 Å². The van der Waals surface area contributed by atoms with Crippen molar-refractivity contribution in [2.75, 3.05) is 0 Å². The molecule has 1 amide bonds. The van der Waals surface area contributed by atoms with Crippen molar-refractivity contribution in [3.05, 3.63) is 39.4 Å². The van der Waals surface area contributed by atoms with E-state index >= 15 is 0 Å². The zero-order valence-electron chi connectivity index (χ0n) is 10.5. The van der Waals surface area contributed by atoms with Gasteiger partial charge in [0, 0.05) is 23.4 Å². The summed E-state index contributed by atoms with van der Waals surface area (Å²) in [6.45, 7) is 5.46. The Morgan fingerprint density at radius 2 is 2.17 bits per heavy atom. The molecule has 0 saturated heterocycles. The molecule has 1 aromatic carbocycles. The van der Waals surface area contributed by atoms with Gasteiger partial charge in [0.25, 0.3) is 11.6 Å². The average Bonchev–Trinajstić information content (AvgIpc) is 2.27. The van der Waals surface area contributed by atoms with E-state index in [2.05, 4.69) is 10.5 Å². The molecular weight excluding hydrogens is 234 g/mol. The van der Waals surface area contributed by atoms with E-state index in [0.717, 1.165) is 0 Å². The van der Waals surface area contributed by atoms with Crippen LogP contribution in [-0.4, -0.2) is 17.0 Å². The SMILES string of the molecule is Cc1cc(C(=O)N/N=C/C(C)C)ccc1[N+](=O)[O-]. The lowest BCUT2D eigenvalue weighted by Gasteiger charge is -2.02. The van der Waals surface area contributed by atoms with Crippen LogP contribution in [0.5, 0.6) is 0 Å². The Bertz CT molecular complexity index is 495. The number of rotatable bonds is 4. The van der Waals surface area contributed by atoms with Gasteiger partial charge in [-0.15, -0.1) is 0 Å². The Balaban J connectivity index is 2.82. The molecule has 0 fully saturated rings. The third-order valence-electron chi connectivity index (χ3n) is 2.19. The standard InChI is InChI=1S/C12H15N3O3/c1-8(2)7-13-14-12(16)10-4-5-11(15(17)18)9(3)6-10/h4-8H,1-3H3,(H,14,16)/b13-7+. The number of nitro benzene ring substituents is 1. The van der Waals surface area contributed by atoms with Crippen LogP contribution in [0.25, 0.3) is 0 Å². The van der Waals surface area contributed by atoms with Crippen molar-refractivity contribution in [3.63, 3.8) is 0 Å². The van der Waals surface area contributed by atoms with E-state index < -0.39 is 4.92 Å². The summed E-state index contributed by atoms with van der Waals surface area (Å²) in [6, 6.07) is 4.19. The molecule has 0 bridgehead atoms. The minimum atomic E-state index is -0.478. The lowest BCUT2D eigenvalue weighted by molar-refractivity contribution is -0.385. The smallest absolute Gasteiger partial charge is 0.267 e. The van der Waals surface area contributed by atoms with Gasteiger partial charge < -0.3 is 0 Å².